The summed E-state index contributed by atoms with van der Waals surface area (Å²) in [6.45, 7) is 2.18. The number of carbonyl (C=O) groups excluding carboxylic acids is 1. The van der Waals surface area contributed by atoms with Crippen LogP contribution in [0.25, 0.3) is 0 Å². The SMILES string of the molecule is O=C(O)CCCNC(=O)NN1CCCCC1. The number of aliphatic carboxylic acids is 1. The van der Waals surface area contributed by atoms with Crippen molar-refractivity contribution in [3.63, 3.8) is 0 Å². The molecule has 1 saturated heterocycles. The Bertz CT molecular complexity index is 239. The first kappa shape index (κ1) is 12.8. The predicted molar refractivity (Wildman–Crippen MR) is 58.8 cm³/mol. The molecule has 2 amide bonds. The molecule has 1 rings (SSSR count). The summed E-state index contributed by atoms with van der Waals surface area (Å²) in [4.78, 5) is 21.6. The molecular formula is C10H19N3O3. The first-order chi connectivity index (χ1) is 7.68. The molecule has 0 aromatic rings. The van der Waals surface area contributed by atoms with Crippen molar-refractivity contribution in [3.8, 4) is 0 Å². The largest absolute Gasteiger partial charge is 0.481 e. The third kappa shape index (κ3) is 5.55. The standard InChI is InChI=1S/C10H19N3O3/c14-9(15)5-4-6-11-10(16)12-13-7-2-1-3-8-13/h1-8H2,(H,14,15)(H2,11,12,16). The van der Waals surface area contributed by atoms with E-state index in [9.17, 15) is 9.59 Å². The fourth-order valence-electron chi connectivity index (χ4n) is 1.63. The van der Waals surface area contributed by atoms with Gasteiger partial charge in [-0.3, -0.25) is 10.2 Å². The quantitative estimate of drug-likeness (QED) is 0.601. The zero-order valence-corrected chi connectivity index (χ0v) is 9.37. The van der Waals surface area contributed by atoms with Crippen molar-refractivity contribution in [1.82, 2.24) is 15.8 Å². The third-order valence-electron chi connectivity index (χ3n) is 2.47. The van der Waals surface area contributed by atoms with Crippen LogP contribution in [0.4, 0.5) is 4.79 Å². The summed E-state index contributed by atoms with van der Waals surface area (Å²) >= 11 is 0. The maximum absolute atomic E-state index is 11.3. The average Bonchev–Trinajstić information content (AvgIpc) is 2.25. The van der Waals surface area contributed by atoms with E-state index in [0.717, 1.165) is 25.9 Å². The second-order valence-electron chi connectivity index (χ2n) is 3.91. The Kier molecular flexibility index (Phi) is 5.63. The molecule has 0 aromatic carbocycles. The maximum atomic E-state index is 11.3. The molecule has 16 heavy (non-hydrogen) atoms. The van der Waals surface area contributed by atoms with Crippen molar-refractivity contribution in [2.24, 2.45) is 0 Å². The Morgan fingerprint density at radius 2 is 1.88 bits per heavy atom. The van der Waals surface area contributed by atoms with Crippen LogP contribution in [0.2, 0.25) is 0 Å². The lowest BCUT2D eigenvalue weighted by Crippen LogP contribution is -2.49. The van der Waals surface area contributed by atoms with Crippen LogP contribution in [0.5, 0.6) is 0 Å². The molecule has 1 fully saturated rings. The van der Waals surface area contributed by atoms with Gasteiger partial charge in [-0.15, -0.1) is 0 Å². The molecule has 6 nitrogen and oxygen atoms in total. The van der Waals surface area contributed by atoms with E-state index in [1.165, 1.54) is 6.42 Å². The summed E-state index contributed by atoms with van der Waals surface area (Å²) in [5.41, 5.74) is 2.74. The van der Waals surface area contributed by atoms with Gasteiger partial charge in [0.15, 0.2) is 0 Å². The fourth-order valence-corrected chi connectivity index (χ4v) is 1.63. The molecule has 0 bridgehead atoms. The van der Waals surface area contributed by atoms with Gasteiger partial charge in [-0.05, 0) is 19.3 Å². The number of nitrogens with one attached hydrogen (secondary N) is 2. The third-order valence-corrected chi connectivity index (χ3v) is 2.47. The Morgan fingerprint density at radius 3 is 2.50 bits per heavy atom. The molecule has 0 aromatic heterocycles. The van der Waals surface area contributed by atoms with E-state index < -0.39 is 5.97 Å². The molecule has 6 heteroatoms. The van der Waals surface area contributed by atoms with Gasteiger partial charge in [-0.25, -0.2) is 9.80 Å². The fraction of sp³-hybridized carbons (Fsp3) is 0.800. The average molecular weight is 229 g/mol. The van der Waals surface area contributed by atoms with Crippen LogP contribution in [0, 0.1) is 0 Å². The molecular weight excluding hydrogens is 210 g/mol. The van der Waals surface area contributed by atoms with Gasteiger partial charge in [0.2, 0.25) is 0 Å². The van der Waals surface area contributed by atoms with Crippen LogP contribution < -0.4 is 10.7 Å². The van der Waals surface area contributed by atoms with Crippen LogP contribution in [0.3, 0.4) is 0 Å². The number of hydrogen-bond acceptors (Lipinski definition) is 3. The lowest BCUT2D eigenvalue weighted by molar-refractivity contribution is -0.137. The molecule has 0 atom stereocenters. The molecule has 92 valence electrons. The highest BCUT2D eigenvalue weighted by molar-refractivity contribution is 5.73. The number of nitrogens with zero attached hydrogens (tertiary/aromatic N) is 1. The number of piperidine rings is 1. The molecule has 1 aliphatic rings. The van der Waals surface area contributed by atoms with Gasteiger partial charge in [-0.2, -0.15) is 0 Å². The smallest absolute Gasteiger partial charge is 0.329 e. The number of hydrogen-bond donors (Lipinski definition) is 3. The van der Waals surface area contributed by atoms with Crippen molar-refractivity contribution >= 4 is 12.0 Å². The molecule has 0 spiro atoms. The van der Waals surface area contributed by atoms with Crippen LogP contribution in [-0.2, 0) is 4.79 Å². The minimum Gasteiger partial charge on any atom is -0.481 e. The molecule has 3 N–H and O–H groups in total. The maximum Gasteiger partial charge on any atom is 0.329 e. The summed E-state index contributed by atoms with van der Waals surface area (Å²) in [6, 6.07) is -0.243. The number of rotatable bonds is 5. The van der Waals surface area contributed by atoms with Crippen molar-refractivity contribution in [2.45, 2.75) is 32.1 Å². The van der Waals surface area contributed by atoms with E-state index in [2.05, 4.69) is 10.7 Å². The normalized spacial score (nSPS) is 16.8. The van der Waals surface area contributed by atoms with Gasteiger partial charge in [0.1, 0.15) is 0 Å². The number of hydrazine groups is 1. The Labute approximate surface area is 95.0 Å². The minimum absolute atomic E-state index is 0.0873. The summed E-state index contributed by atoms with van der Waals surface area (Å²) in [5, 5.41) is 12.9. The highest BCUT2D eigenvalue weighted by Crippen LogP contribution is 2.05. The van der Waals surface area contributed by atoms with Crippen LogP contribution in [0.15, 0.2) is 0 Å². The zero-order chi connectivity index (χ0) is 11.8. The van der Waals surface area contributed by atoms with Gasteiger partial charge in [-0.1, -0.05) is 6.42 Å². The highest BCUT2D eigenvalue weighted by atomic mass is 16.4. The first-order valence-electron chi connectivity index (χ1n) is 5.70. The molecule has 0 saturated carbocycles. The van der Waals surface area contributed by atoms with E-state index in [-0.39, 0.29) is 12.5 Å². The zero-order valence-electron chi connectivity index (χ0n) is 9.37. The molecule has 0 radical (unpaired) electrons. The number of amides is 2. The number of urea groups is 1. The van der Waals surface area contributed by atoms with E-state index in [4.69, 9.17) is 5.11 Å². The number of carbonyl (C=O) groups is 2. The summed E-state index contributed by atoms with van der Waals surface area (Å²) in [7, 11) is 0. The monoisotopic (exact) mass is 229 g/mol. The highest BCUT2D eigenvalue weighted by Gasteiger charge is 2.11. The van der Waals surface area contributed by atoms with E-state index in [1.807, 2.05) is 5.01 Å². The van der Waals surface area contributed by atoms with Gasteiger partial charge in [0.25, 0.3) is 0 Å². The summed E-state index contributed by atoms with van der Waals surface area (Å²) in [5.74, 6) is -0.835. The Balaban J connectivity index is 2.03. The molecule has 1 heterocycles. The van der Waals surface area contributed by atoms with Crippen molar-refractivity contribution in [1.29, 1.82) is 0 Å². The number of carboxylic acids is 1. The van der Waals surface area contributed by atoms with Gasteiger partial charge >= 0.3 is 12.0 Å². The predicted octanol–water partition coefficient (Wildman–Crippen LogP) is 0.551. The summed E-state index contributed by atoms with van der Waals surface area (Å²) in [6.07, 6.45) is 3.99. The van der Waals surface area contributed by atoms with E-state index >= 15 is 0 Å². The lowest BCUT2D eigenvalue weighted by atomic mass is 10.2. The van der Waals surface area contributed by atoms with E-state index in [0.29, 0.717) is 13.0 Å². The Morgan fingerprint density at radius 1 is 1.19 bits per heavy atom. The van der Waals surface area contributed by atoms with Gasteiger partial charge < -0.3 is 10.4 Å². The molecule has 0 aliphatic carbocycles. The second-order valence-corrected chi connectivity index (χ2v) is 3.91. The van der Waals surface area contributed by atoms with Crippen molar-refractivity contribution < 1.29 is 14.7 Å². The lowest BCUT2D eigenvalue weighted by Gasteiger charge is -2.26. The van der Waals surface area contributed by atoms with Crippen LogP contribution in [-0.4, -0.2) is 41.8 Å². The topological polar surface area (TPSA) is 81.7 Å². The van der Waals surface area contributed by atoms with Crippen molar-refractivity contribution in [3.05, 3.63) is 0 Å². The van der Waals surface area contributed by atoms with E-state index in [1.54, 1.807) is 0 Å². The number of carboxylic acid groups (broad SMARTS) is 1. The summed E-state index contributed by atoms with van der Waals surface area (Å²) < 4.78 is 0. The Hall–Kier alpha value is -1.30. The second kappa shape index (κ2) is 7.05. The van der Waals surface area contributed by atoms with Crippen LogP contribution in [0.1, 0.15) is 32.1 Å². The van der Waals surface area contributed by atoms with Crippen LogP contribution >= 0.6 is 0 Å². The van der Waals surface area contributed by atoms with Crippen molar-refractivity contribution in [2.75, 3.05) is 19.6 Å². The molecule has 1 aliphatic heterocycles. The van der Waals surface area contributed by atoms with Gasteiger partial charge in [0.05, 0.1) is 0 Å². The minimum atomic E-state index is -0.835. The first-order valence-corrected chi connectivity index (χ1v) is 5.70. The van der Waals surface area contributed by atoms with Gasteiger partial charge in [0, 0.05) is 26.1 Å². The molecule has 0 unspecified atom stereocenters.